The third-order valence-corrected chi connectivity index (χ3v) is 3.78. The Labute approximate surface area is 108 Å². The van der Waals surface area contributed by atoms with E-state index in [1.54, 1.807) is 11.3 Å². The van der Waals surface area contributed by atoms with Crippen LogP contribution in [0.15, 0.2) is 28.5 Å². The number of H-pyrrole nitrogens is 1. The highest BCUT2D eigenvalue weighted by atomic mass is 35.5. The highest BCUT2D eigenvalue weighted by Gasteiger charge is 2.13. The first-order valence-corrected chi connectivity index (χ1v) is 6.51. The van der Waals surface area contributed by atoms with Gasteiger partial charge in [-0.15, -0.1) is 11.3 Å². The molecule has 0 aliphatic carbocycles. The monoisotopic (exact) mass is 269 g/mol. The van der Waals surface area contributed by atoms with Crippen LogP contribution >= 0.6 is 22.9 Å². The summed E-state index contributed by atoms with van der Waals surface area (Å²) in [6.07, 6.45) is 2.43. The van der Waals surface area contributed by atoms with Gasteiger partial charge in [-0.25, -0.2) is 5.10 Å². The highest BCUT2D eigenvalue weighted by Crippen LogP contribution is 2.27. The standard InChI is InChI=1S/C11H12ClN3OS/c1-2-7(9-4-3-5-17-9)14-8-6-13-15-11(16)10(8)12/h3-7H,2H2,1H3,(H2,14,15,16). The topological polar surface area (TPSA) is 57.8 Å². The van der Waals surface area contributed by atoms with Gasteiger partial charge in [-0.2, -0.15) is 5.10 Å². The van der Waals surface area contributed by atoms with Crippen molar-refractivity contribution in [3.8, 4) is 0 Å². The third kappa shape index (κ3) is 2.68. The lowest BCUT2D eigenvalue weighted by Gasteiger charge is -2.16. The van der Waals surface area contributed by atoms with E-state index < -0.39 is 0 Å². The first-order chi connectivity index (χ1) is 8.22. The van der Waals surface area contributed by atoms with E-state index in [2.05, 4.69) is 28.5 Å². The Hall–Kier alpha value is -1.33. The molecule has 2 aromatic rings. The van der Waals surface area contributed by atoms with Gasteiger partial charge in [0.25, 0.3) is 5.56 Å². The van der Waals surface area contributed by atoms with Crippen molar-refractivity contribution < 1.29 is 0 Å². The Kier molecular flexibility index (Phi) is 3.81. The third-order valence-electron chi connectivity index (χ3n) is 2.42. The number of hydrogen-bond donors (Lipinski definition) is 2. The van der Waals surface area contributed by atoms with Gasteiger partial charge in [0.2, 0.25) is 0 Å². The molecule has 0 saturated heterocycles. The summed E-state index contributed by atoms with van der Waals surface area (Å²) in [6, 6.07) is 4.21. The van der Waals surface area contributed by atoms with Gasteiger partial charge in [-0.1, -0.05) is 24.6 Å². The molecule has 0 fully saturated rings. The normalized spacial score (nSPS) is 12.4. The molecule has 0 amide bonds. The summed E-state index contributed by atoms with van der Waals surface area (Å²) in [5, 5.41) is 11.4. The second-order valence-corrected chi connectivity index (χ2v) is 4.90. The van der Waals surface area contributed by atoms with Crippen LogP contribution in [-0.4, -0.2) is 10.2 Å². The zero-order chi connectivity index (χ0) is 12.3. The first-order valence-electron chi connectivity index (χ1n) is 5.25. The molecule has 2 N–H and O–H groups in total. The van der Waals surface area contributed by atoms with E-state index in [1.165, 1.54) is 11.1 Å². The minimum absolute atomic E-state index is 0.148. The molecule has 17 heavy (non-hydrogen) atoms. The molecule has 2 heterocycles. The molecular formula is C11H12ClN3OS. The minimum Gasteiger partial charge on any atom is -0.375 e. The van der Waals surface area contributed by atoms with Crippen LogP contribution in [0, 0.1) is 0 Å². The van der Waals surface area contributed by atoms with E-state index in [4.69, 9.17) is 11.6 Å². The van der Waals surface area contributed by atoms with Crippen LogP contribution in [0.1, 0.15) is 24.3 Å². The van der Waals surface area contributed by atoms with Gasteiger partial charge in [0, 0.05) is 4.88 Å². The smallest absolute Gasteiger partial charge is 0.285 e. The number of halogens is 1. The molecule has 90 valence electrons. The Morgan fingerprint density at radius 2 is 2.47 bits per heavy atom. The predicted molar refractivity (Wildman–Crippen MR) is 70.8 cm³/mol. The summed E-state index contributed by atoms with van der Waals surface area (Å²) in [7, 11) is 0. The van der Waals surface area contributed by atoms with Crippen molar-refractivity contribution in [3.05, 3.63) is 44.0 Å². The van der Waals surface area contributed by atoms with Gasteiger partial charge < -0.3 is 5.32 Å². The molecule has 2 rings (SSSR count). The van der Waals surface area contributed by atoms with E-state index in [0.717, 1.165) is 6.42 Å². The molecule has 0 saturated carbocycles. The largest absolute Gasteiger partial charge is 0.375 e. The average molecular weight is 270 g/mol. The van der Waals surface area contributed by atoms with Crippen LogP contribution in [-0.2, 0) is 0 Å². The van der Waals surface area contributed by atoms with Crippen LogP contribution in [0.4, 0.5) is 5.69 Å². The second-order valence-electron chi connectivity index (χ2n) is 3.55. The maximum absolute atomic E-state index is 11.3. The zero-order valence-electron chi connectivity index (χ0n) is 9.24. The van der Waals surface area contributed by atoms with Crippen molar-refractivity contribution >= 4 is 28.6 Å². The second kappa shape index (κ2) is 5.33. The molecule has 6 heteroatoms. The fraction of sp³-hybridized carbons (Fsp3) is 0.273. The summed E-state index contributed by atoms with van der Waals surface area (Å²) in [4.78, 5) is 12.5. The molecule has 1 unspecified atom stereocenters. The maximum Gasteiger partial charge on any atom is 0.285 e. The van der Waals surface area contributed by atoms with Crippen LogP contribution < -0.4 is 10.9 Å². The zero-order valence-corrected chi connectivity index (χ0v) is 10.8. The van der Waals surface area contributed by atoms with Crippen molar-refractivity contribution in [1.82, 2.24) is 10.2 Å². The molecule has 1 atom stereocenters. The fourth-order valence-electron chi connectivity index (χ4n) is 1.54. The number of nitrogens with zero attached hydrogens (tertiary/aromatic N) is 1. The molecule has 0 bridgehead atoms. The van der Waals surface area contributed by atoms with E-state index in [-0.39, 0.29) is 16.6 Å². The van der Waals surface area contributed by atoms with Gasteiger partial charge in [-0.3, -0.25) is 4.79 Å². The number of thiophene rings is 1. The van der Waals surface area contributed by atoms with Gasteiger partial charge in [0.05, 0.1) is 17.9 Å². The molecule has 0 aromatic carbocycles. The molecule has 0 aliphatic rings. The summed E-state index contributed by atoms with van der Waals surface area (Å²) >= 11 is 7.59. The summed E-state index contributed by atoms with van der Waals surface area (Å²) in [5.41, 5.74) is 0.188. The minimum atomic E-state index is -0.377. The quantitative estimate of drug-likeness (QED) is 0.897. The van der Waals surface area contributed by atoms with Gasteiger partial charge in [-0.05, 0) is 17.9 Å². The first kappa shape index (κ1) is 12.1. The van der Waals surface area contributed by atoms with E-state index in [0.29, 0.717) is 5.69 Å². The molecule has 0 aliphatic heterocycles. The number of aromatic nitrogens is 2. The highest BCUT2D eigenvalue weighted by molar-refractivity contribution is 7.10. The van der Waals surface area contributed by atoms with Crippen LogP contribution in [0.5, 0.6) is 0 Å². The molecule has 0 spiro atoms. The predicted octanol–water partition coefficient (Wildman–Crippen LogP) is 3.05. The SMILES string of the molecule is CCC(Nc1cn[nH]c(=O)c1Cl)c1cccs1. The molecule has 2 aromatic heterocycles. The lowest BCUT2D eigenvalue weighted by atomic mass is 10.2. The van der Waals surface area contributed by atoms with E-state index in [9.17, 15) is 4.79 Å². The Bertz CT molecular complexity index is 538. The number of aromatic amines is 1. The van der Waals surface area contributed by atoms with E-state index >= 15 is 0 Å². The fourth-order valence-corrected chi connectivity index (χ4v) is 2.54. The molecule has 0 radical (unpaired) electrons. The summed E-state index contributed by atoms with van der Waals surface area (Å²) < 4.78 is 0. The lowest BCUT2D eigenvalue weighted by molar-refractivity contribution is 0.761. The Morgan fingerprint density at radius 3 is 3.12 bits per heavy atom. The van der Waals surface area contributed by atoms with Gasteiger partial charge >= 0.3 is 0 Å². The van der Waals surface area contributed by atoms with E-state index in [1.807, 2.05) is 11.4 Å². The maximum atomic E-state index is 11.3. The Morgan fingerprint density at radius 1 is 1.65 bits per heavy atom. The van der Waals surface area contributed by atoms with Gasteiger partial charge in [0.15, 0.2) is 0 Å². The number of anilines is 1. The number of hydrogen-bond acceptors (Lipinski definition) is 4. The van der Waals surface area contributed by atoms with Crippen molar-refractivity contribution in [2.24, 2.45) is 0 Å². The average Bonchev–Trinajstić information content (AvgIpc) is 2.85. The molecular weight excluding hydrogens is 258 g/mol. The van der Waals surface area contributed by atoms with Crippen molar-refractivity contribution in [3.63, 3.8) is 0 Å². The van der Waals surface area contributed by atoms with Crippen LogP contribution in [0.2, 0.25) is 5.02 Å². The van der Waals surface area contributed by atoms with Crippen molar-refractivity contribution in [2.75, 3.05) is 5.32 Å². The van der Waals surface area contributed by atoms with Crippen LogP contribution in [0.3, 0.4) is 0 Å². The summed E-state index contributed by atoms with van der Waals surface area (Å²) in [6.45, 7) is 2.08. The van der Waals surface area contributed by atoms with Crippen LogP contribution in [0.25, 0.3) is 0 Å². The number of nitrogens with one attached hydrogen (secondary N) is 2. The Balaban J connectivity index is 2.25. The lowest BCUT2D eigenvalue weighted by Crippen LogP contribution is -2.14. The van der Waals surface area contributed by atoms with Crippen molar-refractivity contribution in [2.45, 2.75) is 19.4 Å². The number of rotatable bonds is 4. The summed E-state index contributed by atoms with van der Waals surface area (Å²) in [5.74, 6) is 0. The van der Waals surface area contributed by atoms with Crippen molar-refractivity contribution in [1.29, 1.82) is 0 Å². The van der Waals surface area contributed by atoms with Gasteiger partial charge in [0.1, 0.15) is 5.02 Å². The molecule has 4 nitrogen and oxygen atoms in total.